The van der Waals surface area contributed by atoms with Crippen molar-refractivity contribution in [2.24, 2.45) is 0 Å². The van der Waals surface area contributed by atoms with Crippen LogP contribution < -0.4 is 15.8 Å². The standard InChI is InChI=1S/C12H18N2O3/c1-3-17-11-5-9(4-10(13)6-11)12(16)14-8(2)7-15/h4-6,8,15H,3,7,13H2,1-2H3,(H,14,16). The predicted molar refractivity (Wildman–Crippen MR) is 66.0 cm³/mol. The van der Waals surface area contributed by atoms with E-state index >= 15 is 0 Å². The summed E-state index contributed by atoms with van der Waals surface area (Å²) in [5.74, 6) is 0.286. The number of aliphatic hydroxyl groups is 1. The lowest BCUT2D eigenvalue weighted by atomic mass is 10.1. The van der Waals surface area contributed by atoms with Gasteiger partial charge >= 0.3 is 0 Å². The molecule has 1 unspecified atom stereocenters. The van der Waals surface area contributed by atoms with Crippen molar-refractivity contribution in [1.29, 1.82) is 0 Å². The summed E-state index contributed by atoms with van der Waals surface area (Å²) in [4.78, 5) is 11.8. The molecule has 0 spiro atoms. The maximum absolute atomic E-state index is 11.8. The number of nitrogens with two attached hydrogens (primary N) is 1. The zero-order valence-corrected chi connectivity index (χ0v) is 10.1. The zero-order chi connectivity index (χ0) is 12.8. The fraction of sp³-hybridized carbons (Fsp3) is 0.417. The first-order chi connectivity index (χ1) is 8.06. The van der Waals surface area contributed by atoms with Crippen molar-refractivity contribution in [3.8, 4) is 5.75 Å². The highest BCUT2D eigenvalue weighted by Gasteiger charge is 2.11. The summed E-state index contributed by atoms with van der Waals surface area (Å²) in [6, 6.07) is 4.57. The lowest BCUT2D eigenvalue weighted by Crippen LogP contribution is -2.35. The third-order valence-electron chi connectivity index (χ3n) is 2.15. The number of benzene rings is 1. The van der Waals surface area contributed by atoms with Crippen LogP contribution in [0.15, 0.2) is 18.2 Å². The van der Waals surface area contributed by atoms with Crippen molar-refractivity contribution in [1.82, 2.24) is 5.32 Å². The molecule has 1 aromatic carbocycles. The molecule has 0 aromatic heterocycles. The van der Waals surface area contributed by atoms with Crippen LogP contribution in [-0.4, -0.2) is 30.3 Å². The zero-order valence-electron chi connectivity index (χ0n) is 10.1. The first kappa shape index (κ1) is 13.3. The van der Waals surface area contributed by atoms with Gasteiger partial charge in [-0.3, -0.25) is 4.79 Å². The molecule has 0 aliphatic heterocycles. The van der Waals surface area contributed by atoms with Gasteiger partial charge in [0.05, 0.1) is 13.2 Å². The Morgan fingerprint density at radius 1 is 1.53 bits per heavy atom. The van der Waals surface area contributed by atoms with Gasteiger partial charge in [-0.15, -0.1) is 0 Å². The van der Waals surface area contributed by atoms with Crippen LogP contribution in [0.3, 0.4) is 0 Å². The average Bonchev–Trinajstić information content (AvgIpc) is 2.28. The Kier molecular flexibility index (Phi) is 4.78. The minimum atomic E-state index is -0.292. The van der Waals surface area contributed by atoms with E-state index in [4.69, 9.17) is 15.6 Å². The topological polar surface area (TPSA) is 84.6 Å². The Hall–Kier alpha value is -1.75. The monoisotopic (exact) mass is 238 g/mol. The van der Waals surface area contributed by atoms with Gasteiger partial charge in [0.25, 0.3) is 5.91 Å². The summed E-state index contributed by atoms with van der Waals surface area (Å²) in [6.45, 7) is 3.98. The summed E-state index contributed by atoms with van der Waals surface area (Å²) in [7, 11) is 0. The van der Waals surface area contributed by atoms with E-state index in [1.54, 1.807) is 25.1 Å². The maximum atomic E-state index is 11.8. The van der Waals surface area contributed by atoms with E-state index in [1.165, 1.54) is 0 Å². The third-order valence-corrected chi connectivity index (χ3v) is 2.15. The van der Waals surface area contributed by atoms with Crippen LogP contribution in [-0.2, 0) is 0 Å². The molecule has 1 amide bonds. The smallest absolute Gasteiger partial charge is 0.251 e. The van der Waals surface area contributed by atoms with Crippen LogP contribution in [0, 0.1) is 0 Å². The van der Waals surface area contributed by atoms with E-state index in [0.717, 1.165) is 0 Å². The van der Waals surface area contributed by atoms with Crippen LogP contribution in [0.25, 0.3) is 0 Å². The molecule has 0 saturated carbocycles. The van der Waals surface area contributed by atoms with Crippen molar-refractivity contribution < 1.29 is 14.6 Å². The summed E-state index contributed by atoms with van der Waals surface area (Å²) in [5.41, 5.74) is 6.58. The fourth-order valence-electron chi connectivity index (χ4n) is 1.36. The number of anilines is 1. The molecule has 17 heavy (non-hydrogen) atoms. The van der Waals surface area contributed by atoms with Crippen LogP contribution in [0.2, 0.25) is 0 Å². The number of aliphatic hydroxyl groups excluding tert-OH is 1. The summed E-state index contributed by atoms with van der Waals surface area (Å²) >= 11 is 0. The van der Waals surface area contributed by atoms with Crippen molar-refractivity contribution in [2.45, 2.75) is 19.9 Å². The highest BCUT2D eigenvalue weighted by atomic mass is 16.5. The number of ether oxygens (including phenoxy) is 1. The Morgan fingerprint density at radius 3 is 2.82 bits per heavy atom. The molecule has 1 rings (SSSR count). The molecule has 0 fully saturated rings. The first-order valence-corrected chi connectivity index (χ1v) is 5.52. The molecule has 0 heterocycles. The van der Waals surface area contributed by atoms with Crippen LogP contribution in [0.5, 0.6) is 5.75 Å². The number of hydrogen-bond acceptors (Lipinski definition) is 4. The van der Waals surface area contributed by atoms with E-state index in [-0.39, 0.29) is 18.6 Å². The Balaban J connectivity index is 2.85. The molecular formula is C12H18N2O3. The summed E-state index contributed by atoms with van der Waals surface area (Å²) in [6.07, 6.45) is 0. The molecule has 1 atom stereocenters. The van der Waals surface area contributed by atoms with Crippen molar-refractivity contribution >= 4 is 11.6 Å². The van der Waals surface area contributed by atoms with Gasteiger partial charge in [0, 0.05) is 23.4 Å². The summed E-state index contributed by atoms with van der Waals surface area (Å²) < 4.78 is 5.30. The molecule has 0 bridgehead atoms. The van der Waals surface area contributed by atoms with Crippen molar-refractivity contribution in [3.63, 3.8) is 0 Å². The second-order valence-electron chi connectivity index (χ2n) is 3.78. The number of nitrogens with one attached hydrogen (secondary N) is 1. The first-order valence-electron chi connectivity index (χ1n) is 5.52. The Morgan fingerprint density at radius 2 is 2.24 bits per heavy atom. The Labute approximate surface area is 101 Å². The number of rotatable bonds is 5. The van der Waals surface area contributed by atoms with Gasteiger partial charge in [0.2, 0.25) is 0 Å². The second kappa shape index (κ2) is 6.10. The molecule has 0 aliphatic rings. The number of amides is 1. The van der Waals surface area contributed by atoms with Crippen LogP contribution in [0.1, 0.15) is 24.2 Å². The number of hydrogen-bond donors (Lipinski definition) is 3. The molecule has 4 N–H and O–H groups in total. The number of carbonyl (C=O) groups is 1. The molecule has 0 saturated heterocycles. The van der Waals surface area contributed by atoms with Gasteiger partial charge in [-0.1, -0.05) is 0 Å². The van der Waals surface area contributed by atoms with Crippen molar-refractivity contribution in [3.05, 3.63) is 23.8 Å². The molecular weight excluding hydrogens is 220 g/mol. The summed E-state index contributed by atoms with van der Waals surface area (Å²) in [5, 5.41) is 11.5. The molecule has 0 aliphatic carbocycles. The van der Waals surface area contributed by atoms with Gasteiger partial charge in [-0.25, -0.2) is 0 Å². The van der Waals surface area contributed by atoms with Gasteiger partial charge in [-0.2, -0.15) is 0 Å². The van der Waals surface area contributed by atoms with Crippen LogP contribution in [0.4, 0.5) is 5.69 Å². The van der Waals surface area contributed by atoms with Gasteiger partial charge < -0.3 is 20.9 Å². The normalized spacial score (nSPS) is 11.9. The SMILES string of the molecule is CCOc1cc(N)cc(C(=O)NC(C)CO)c1. The molecule has 5 nitrogen and oxygen atoms in total. The van der Waals surface area contributed by atoms with Gasteiger partial charge in [0.1, 0.15) is 5.75 Å². The quantitative estimate of drug-likeness (QED) is 0.662. The van der Waals surface area contributed by atoms with E-state index in [2.05, 4.69) is 5.32 Å². The second-order valence-corrected chi connectivity index (χ2v) is 3.78. The number of nitrogen functional groups attached to an aromatic ring is 1. The average molecular weight is 238 g/mol. The van der Waals surface area contributed by atoms with E-state index < -0.39 is 0 Å². The van der Waals surface area contributed by atoms with Gasteiger partial charge in [0.15, 0.2) is 0 Å². The number of carbonyl (C=O) groups excluding carboxylic acids is 1. The largest absolute Gasteiger partial charge is 0.494 e. The van der Waals surface area contributed by atoms with E-state index in [1.807, 2.05) is 6.92 Å². The van der Waals surface area contributed by atoms with Crippen LogP contribution >= 0.6 is 0 Å². The Bertz CT molecular complexity index is 393. The highest BCUT2D eigenvalue weighted by Crippen LogP contribution is 2.18. The maximum Gasteiger partial charge on any atom is 0.251 e. The lowest BCUT2D eigenvalue weighted by Gasteiger charge is -2.12. The third kappa shape index (κ3) is 3.96. The van der Waals surface area contributed by atoms with Gasteiger partial charge in [-0.05, 0) is 26.0 Å². The predicted octanol–water partition coefficient (Wildman–Crippen LogP) is 0.778. The fourth-order valence-corrected chi connectivity index (χ4v) is 1.36. The minimum absolute atomic E-state index is 0.105. The molecule has 94 valence electrons. The van der Waals surface area contributed by atoms with E-state index in [0.29, 0.717) is 23.6 Å². The highest BCUT2D eigenvalue weighted by molar-refractivity contribution is 5.95. The molecule has 5 heteroatoms. The van der Waals surface area contributed by atoms with E-state index in [9.17, 15) is 4.79 Å². The van der Waals surface area contributed by atoms with Crippen molar-refractivity contribution in [2.75, 3.05) is 18.9 Å². The molecule has 1 aromatic rings. The lowest BCUT2D eigenvalue weighted by molar-refractivity contribution is 0.0922. The molecule has 0 radical (unpaired) electrons. The minimum Gasteiger partial charge on any atom is -0.494 e.